The van der Waals surface area contributed by atoms with Crippen molar-refractivity contribution in [2.75, 3.05) is 0 Å². The van der Waals surface area contributed by atoms with Gasteiger partial charge in [0.15, 0.2) is 0 Å². The highest BCUT2D eigenvalue weighted by atomic mass is 16.4. The molecule has 1 aromatic carbocycles. The Bertz CT molecular complexity index is 638. The Hall–Kier alpha value is -2.94. The molecule has 1 N–H and O–H groups in total. The van der Waals surface area contributed by atoms with E-state index in [-0.39, 0.29) is 5.57 Å². The van der Waals surface area contributed by atoms with E-state index < -0.39 is 5.97 Å². The van der Waals surface area contributed by atoms with Crippen molar-refractivity contribution < 1.29 is 9.90 Å². The third kappa shape index (κ3) is 2.41. The molecule has 0 radical (unpaired) electrons. The van der Waals surface area contributed by atoms with Gasteiger partial charge in [0.2, 0.25) is 0 Å². The molecule has 0 spiro atoms. The minimum atomic E-state index is -1.29. The van der Waals surface area contributed by atoms with E-state index in [9.17, 15) is 4.79 Å². The maximum absolute atomic E-state index is 10.7. The average Bonchev–Trinajstić information content (AvgIpc) is 2.85. The molecule has 1 aromatic heterocycles. The van der Waals surface area contributed by atoms with Crippen molar-refractivity contribution in [3.8, 4) is 11.8 Å². The van der Waals surface area contributed by atoms with Crippen LogP contribution in [0.1, 0.15) is 5.69 Å². The summed E-state index contributed by atoms with van der Waals surface area (Å²) in [4.78, 5) is 10.7. The van der Waals surface area contributed by atoms with Crippen molar-refractivity contribution in [2.24, 2.45) is 0 Å². The van der Waals surface area contributed by atoms with Gasteiger partial charge in [0.1, 0.15) is 17.3 Å². The highest BCUT2D eigenvalue weighted by Gasteiger charge is 2.08. The van der Waals surface area contributed by atoms with Crippen molar-refractivity contribution >= 4 is 12.0 Å². The fourth-order valence-electron chi connectivity index (χ4n) is 1.34. The summed E-state index contributed by atoms with van der Waals surface area (Å²) < 4.78 is 1.50. The number of rotatable bonds is 3. The lowest BCUT2D eigenvalue weighted by atomic mass is 10.2. The zero-order valence-electron chi connectivity index (χ0n) is 9.19. The molecule has 0 amide bonds. The monoisotopic (exact) mass is 240 g/mol. The summed E-state index contributed by atoms with van der Waals surface area (Å²) >= 11 is 0. The van der Waals surface area contributed by atoms with Crippen molar-refractivity contribution in [1.29, 1.82) is 5.26 Å². The lowest BCUT2D eigenvalue weighted by Crippen LogP contribution is -1.97. The minimum Gasteiger partial charge on any atom is -0.477 e. The van der Waals surface area contributed by atoms with Crippen LogP contribution in [0.25, 0.3) is 11.8 Å². The molecule has 18 heavy (non-hydrogen) atoms. The zero-order chi connectivity index (χ0) is 13.0. The number of nitriles is 1. The Kier molecular flexibility index (Phi) is 3.16. The minimum absolute atomic E-state index is 0.317. The summed E-state index contributed by atoms with van der Waals surface area (Å²) in [7, 11) is 0. The SMILES string of the molecule is N#C/C(=C/c1cn(-c2ccccc2)nn1)C(=O)O. The predicted octanol–water partition coefficient (Wildman–Crippen LogP) is 1.26. The number of nitrogens with zero attached hydrogens (tertiary/aromatic N) is 4. The molecule has 0 saturated carbocycles. The maximum Gasteiger partial charge on any atom is 0.346 e. The average molecular weight is 240 g/mol. The van der Waals surface area contributed by atoms with Gasteiger partial charge in [0.05, 0.1) is 11.9 Å². The van der Waals surface area contributed by atoms with Crippen LogP contribution in [0.4, 0.5) is 0 Å². The Morgan fingerprint density at radius 3 is 2.72 bits per heavy atom. The highest BCUT2D eigenvalue weighted by molar-refractivity contribution is 5.96. The van der Waals surface area contributed by atoms with Crippen LogP contribution in [0, 0.1) is 11.3 Å². The van der Waals surface area contributed by atoms with Gasteiger partial charge in [-0.15, -0.1) is 5.10 Å². The van der Waals surface area contributed by atoms with E-state index >= 15 is 0 Å². The van der Waals surface area contributed by atoms with Gasteiger partial charge in [-0.05, 0) is 18.2 Å². The first kappa shape index (κ1) is 11.5. The van der Waals surface area contributed by atoms with Crippen LogP contribution >= 0.6 is 0 Å². The largest absolute Gasteiger partial charge is 0.477 e. The van der Waals surface area contributed by atoms with Crippen LogP contribution in [-0.4, -0.2) is 26.1 Å². The number of hydrogen-bond donors (Lipinski definition) is 1. The molecule has 1 heterocycles. The van der Waals surface area contributed by atoms with E-state index in [4.69, 9.17) is 10.4 Å². The van der Waals surface area contributed by atoms with Crippen molar-refractivity contribution in [2.45, 2.75) is 0 Å². The molecule has 6 nitrogen and oxygen atoms in total. The number of carbonyl (C=O) groups is 1. The fourth-order valence-corrected chi connectivity index (χ4v) is 1.34. The van der Waals surface area contributed by atoms with Crippen molar-refractivity contribution in [1.82, 2.24) is 15.0 Å². The Balaban J connectivity index is 2.33. The molecular formula is C12H8N4O2. The molecule has 0 atom stereocenters. The van der Waals surface area contributed by atoms with Gasteiger partial charge in [-0.2, -0.15) is 5.26 Å². The molecule has 0 bridgehead atoms. The Morgan fingerprint density at radius 1 is 1.39 bits per heavy atom. The smallest absolute Gasteiger partial charge is 0.346 e. The van der Waals surface area contributed by atoms with Crippen molar-refractivity contribution in [3.05, 3.63) is 47.8 Å². The summed E-state index contributed by atoms with van der Waals surface area (Å²) in [6.45, 7) is 0. The predicted molar refractivity (Wildman–Crippen MR) is 62.6 cm³/mol. The molecule has 2 rings (SSSR count). The van der Waals surface area contributed by atoms with Gasteiger partial charge < -0.3 is 5.11 Å². The van der Waals surface area contributed by atoms with Crippen LogP contribution in [0.3, 0.4) is 0 Å². The van der Waals surface area contributed by atoms with E-state index in [1.165, 1.54) is 10.8 Å². The van der Waals surface area contributed by atoms with Crippen molar-refractivity contribution in [3.63, 3.8) is 0 Å². The summed E-state index contributed by atoms with van der Waals surface area (Å²) in [5.41, 5.74) is 0.742. The number of benzene rings is 1. The molecule has 0 aliphatic heterocycles. The van der Waals surface area contributed by atoms with Crippen LogP contribution in [0.15, 0.2) is 42.1 Å². The van der Waals surface area contributed by atoms with Crippen LogP contribution in [0.2, 0.25) is 0 Å². The Morgan fingerprint density at radius 2 is 2.11 bits per heavy atom. The zero-order valence-corrected chi connectivity index (χ0v) is 9.19. The number of hydrogen-bond acceptors (Lipinski definition) is 4. The molecule has 2 aromatic rings. The third-order valence-corrected chi connectivity index (χ3v) is 2.17. The van der Waals surface area contributed by atoms with Gasteiger partial charge in [-0.25, -0.2) is 9.48 Å². The second kappa shape index (κ2) is 4.93. The van der Waals surface area contributed by atoms with Gasteiger partial charge in [0, 0.05) is 0 Å². The van der Waals surface area contributed by atoms with Gasteiger partial charge in [-0.1, -0.05) is 23.4 Å². The normalized spacial score (nSPS) is 10.9. The molecule has 6 heteroatoms. The molecule has 0 fully saturated rings. The van der Waals surface area contributed by atoms with E-state index in [2.05, 4.69) is 10.3 Å². The van der Waals surface area contributed by atoms with E-state index in [0.717, 1.165) is 5.69 Å². The summed E-state index contributed by atoms with van der Waals surface area (Å²) in [6, 6.07) is 10.8. The highest BCUT2D eigenvalue weighted by Crippen LogP contribution is 2.08. The molecule has 0 aliphatic carbocycles. The summed E-state index contributed by atoms with van der Waals surface area (Å²) in [5.74, 6) is -1.29. The molecule has 0 unspecified atom stereocenters. The van der Waals surface area contributed by atoms with E-state index in [1.54, 1.807) is 12.3 Å². The fraction of sp³-hybridized carbons (Fsp3) is 0. The molecule has 88 valence electrons. The second-order valence-electron chi connectivity index (χ2n) is 3.40. The van der Waals surface area contributed by atoms with Gasteiger partial charge in [-0.3, -0.25) is 0 Å². The van der Waals surface area contributed by atoms with Crippen LogP contribution < -0.4 is 0 Å². The number of aliphatic carboxylic acids is 1. The van der Waals surface area contributed by atoms with Gasteiger partial charge >= 0.3 is 5.97 Å². The molecular weight excluding hydrogens is 232 g/mol. The van der Waals surface area contributed by atoms with Crippen LogP contribution in [0.5, 0.6) is 0 Å². The quantitative estimate of drug-likeness (QED) is 0.644. The number of carboxylic acid groups (broad SMARTS) is 1. The first-order valence-corrected chi connectivity index (χ1v) is 5.03. The second-order valence-corrected chi connectivity index (χ2v) is 3.40. The molecule has 0 aliphatic rings. The van der Waals surface area contributed by atoms with E-state index in [1.807, 2.05) is 30.3 Å². The maximum atomic E-state index is 10.7. The topological polar surface area (TPSA) is 91.8 Å². The lowest BCUT2D eigenvalue weighted by Gasteiger charge is -1.96. The first-order valence-electron chi connectivity index (χ1n) is 5.03. The third-order valence-electron chi connectivity index (χ3n) is 2.17. The standard InChI is InChI=1S/C12H8N4O2/c13-7-9(12(17)18)6-10-8-16(15-14-10)11-4-2-1-3-5-11/h1-6,8H,(H,17,18)/b9-6-. The summed E-state index contributed by atoms with van der Waals surface area (Å²) in [5, 5.41) is 25.0. The lowest BCUT2D eigenvalue weighted by molar-refractivity contribution is -0.132. The number of aromatic nitrogens is 3. The molecule has 0 saturated heterocycles. The van der Waals surface area contributed by atoms with Crippen LogP contribution in [-0.2, 0) is 4.79 Å². The Labute approximate surface area is 102 Å². The summed E-state index contributed by atoms with van der Waals surface area (Å²) in [6.07, 6.45) is 2.73. The van der Waals surface area contributed by atoms with E-state index in [0.29, 0.717) is 5.69 Å². The first-order chi connectivity index (χ1) is 8.70. The number of para-hydroxylation sites is 1. The van der Waals surface area contributed by atoms with Gasteiger partial charge in [0.25, 0.3) is 0 Å². The number of carboxylic acids is 1.